The number of hydrogen-bond acceptors (Lipinski definition) is 7. The summed E-state index contributed by atoms with van der Waals surface area (Å²) >= 11 is 1.33. The minimum absolute atomic E-state index is 0.363. The monoisotopic (exact) mass is 315 g/mol. The van der Waals surface area contributed by atoms with Gasteiger partial charge in [0.1, 0.15) is 0 Å². The summed E-state index contributed by atoms with van der Waals surface area (Å²) in [7, 11) is -0.144. The smallest absolute Gasteiger partial charge is 0.312 e. The Hall–Kier alpha value is -1.21. The highest BCUT2D eigenvalue weighted by atomic mass is 32.1. The van der Waals surface area contributed by atoms with Crippen LogP contribution in [0.15, 0.2) is 24.7 Å². The van der Waals surface area contributed by atoms with Gasteiger partial charge in [-0.25, -0.2) is 9.97 Å². The molecule has 0 unspecified atom stereocenters. The molecule has 0 aromatic carbocycles. The zero-order chi connectivity index (χ0) is 14.4. The minimum Gasteiger partial charge on any atom is -0.312 e. The maximum Gasteiger partial charge on any atom is 0.330 e. The third-order valence-electron chi connectivity index (χ3n) is 2.67. The standard InChI is InChI=1S/C11H16N4O3PS/c1-17-19(16,18-2)8-4-7-15-9-10(20-14-15)11-12-5-3-6-13-11/h3,5-6,9H,4,7-8H2,1-2H3/q+1. The number of rotatable bonds is 7. The quantitative estimate of drug-likeness (QED) is 0.572. The maximum absolute atomic E-state index is 11.9. The fraction of sp³-hybridized carbons (Fsp3) is 0.455. The third-order valence-corrected chi connectivity index (χ3v) is 5.42. The topological polar surface area (TPSA) is 78.1 Å². The molecule has 2 rings (SSSR count). The summed E-state index contributed by atoms with van der Waals surface area (Å²) in [4.78, 5) is 9.24. The van der Waals surface area contributed by atoms with Gasteiger partial charge in [-0.1, -0.05) is 4.68 Å². The van der Waals surface area contributed by atoms with Crippen LogP contribution in [0.1, 0.15) is 6.42 Å². The van der Waals surface area contributed by atoms with Crippen molar-refractivity contribution in [3.05, 3.63) is 24.7 Å². The predicted octanol–water partition coefficient (Wildman–Crippen LogP) is 1.76. The van der Waals surface area contributed by atoms with Gasteiger partial charge in [0.15, 0.2) is 17.2 Å². The predicted molar refractivity (Wildman–Crippen MR) is 74.4 cm³/mol. The molecule has 0 amide bonds. The lowest BCUT2D eigenvalue weighted by Gasteiger charge is -2.11. The molecule has 0 aliphatic rings. The van der Waals surface area contributed by atoms with Crippen molar-refractivity contribution >= 4 is 19.1 Å². The largest absolute Gasteiger partial charge is 0.330 e. The number of aromatic nitrogens is 4. The molecular weight excluding hydrogens is 299 g/mol. The molecule has 0 spiro atoms. The minimum atomic E-state index is -2.93. The maximum atomic E-state index is 11.9. The van der Waals surface area contributed by atoms with Crippen LogP contribution in [0.25, 0.3) is 10.7 Å². The van der Waals surface area contributed by atoms with E-state index in [1.165, 1.54) is 25.8 Å². The molecule has 20 heavy (non-hydrogen) atoms. The van der Waals surface area contributed by atoms with Crippen molar-refractivity contribution in [2.24, 2.45) is 0 Å². The van der Waals surface area contributed by atoms with E-state index in [2.05, 4.69) is 14.5 Å². The molecule has 0 aliphatic carbocycles. The summed E-state index contributed by atoms with van der Waals surface area (Å²) in [5, 5.41) is 0. The van der Waals surface area contributed by atoms with Crippen LogP contribution in [0, 0.1) is 0 Å². The highest BCUT2D eigenvalue weighted by Crippen LogP contribution is 2.46. The normalized spacial score (nSPS) is 11.7. The first-order valence-electron chi connectivity index (χ1n) is 6.01. The molecule has 0 bridgehead atoms. The molecule has 2 aromatic rings. The van der Waals surface area contributed by atoms with Gasteiger partial charge in [-0.15, -0.1) is 0 Å². The first-order chi connectivity index (χ1) is 9.67. The lowest BCUT2D eigenvalue weighted by atomic mass is 10.4. The van der Waals surface area contributed by atoms with Crippen LogP contribution >= 0.6 is 19.1 Å². The molecule has 0 atom stereocenters. The van der Waals surface area contributed by atoms with E-state index >= 15 is 0 Å². The van der Waals surface area contributed by atoms with Crippen molar-refractivity contribution in [3.8, 4) is 10.7 Å². The van der Waals surface area contributed by atoms with Crippen molar-refractivity contribution < 1.29 is 18.3 Å². The molecule has 108 valence electrons. The van der Waals surface area contributed by atoms with Crippen LogP contribution in [-0.4, -0.2) is 34.8 Å². The molecule has 0 saturated carbocycles. The Bertz CT molecular complexity index is 584. The second-order valence-corrected chi connectivity index (χ2v) is 7.14. The van der Waals surface area contributed by atoms with Gasteiger partial charge in [0, 0.05) is 44.6 Å². The van der Waals surface area contributed by atoms with E-state index in [4.69, 9.17) is 9.05 Å². The fourth-order valence-corrected chi connectivity index (χ4v) is 3.31. The Kier molecular flexibility index (Phi) is 5.31. The van der Waals surface area contributed by atoms with Crippen LogP contribution < -0.4 is 4.68 Å². The zero-order valence-electron chi connectivity index (χ0n) is 11.3. The molecule has 2 heterocycles. The third kappa shape index (κ3) is 3.89. The molecule has 2 aromatic heterocycles. The molecule has 0 fully saturated rings. The van der Waals surface area contributed by atoms with Crippen molar-refractivity contribution in [3.63, 3.8) is 0 Å². The van der Waals surface area contributed by atoms with Crippen molar-refractivity contribution in [1.29, 1.82) is 0 Å². The highest BCUT2D eigenvalue weighted by molar-refractivity contribution is 7.53. The van der Waals surface area contributed by atoms with E-state index in [-0.39, 0.29) is 0 Å². The van der Waals surface area contributed by atoms with Gasteiger partial charge in [0.2, 0.25) is 6.20 Å². The zero-order valence-corrected chi connectivity index (χ0v) is 13.0. The van der Waals surface area contributed by atoms with Gasteiger partial charge in [-0.3, -0.25) is 4.57 Å². The van der Waals surface area contributed by atoms with Crippen molar-refractivity contribution in [2.75, 3.05) is 20.4 Å². The Morgan fingerprint density at radius 3 is 2.65 bits per heavy atom. The lowest BCUT2D eigenvalue weighted by Crippen LogP contribution is -2.34. The van der Waals surface area contributed by atoms with Crippen molar-refractivity contribution in [2.45, 2.75) is 13.0 Å². The summed E-state index contributed by atoms with van der Waals surface area (Å²) < 4.78 is 27.7. The number of nitrogens with zero attached hydrogens (tertiary/aromatic N) is 4. The summed E-state index contributed by atoms with van der Waals surface area (Å²) in [6.45, 7) is 0.639. The second kappa shape index (κ2) is 6.99. The van der Waals surface area contributed by atoms with Crippen molar-refractivity contribution in [1.82, 2.24) is 14.5 Å². The Labute approximate surface area is 121 Å². The molecule has 7 nitrogen and oxygen atoms in total. The number of aryl methyl sites for hydroxylation is 1. The van der Waals surface area contributed by atoms with Crippen LogP contribution in [0.5, 0.6) is 0 Å². The van der Waals surface area contributed by atoms with Crippen LogP contribution in [0.2, 0.25) is 0 Å². The summed E-state index contributed by atoms with van der Waals surface area (Å²) in [5.41, 5.74) is 0. The molecule has 0 N–H and O–H groups in total. The van der Waals surface area contributed by atoms with Crippen LogP contribution in [0.4, 0.5) is 0 Å². The van der Waals surface area contributed by atoms with Gasteiger partial charge in [0.05, 0.1) is 10.7 Å². The number of hydrogen-bond donors (Lipinski definition) is 0. The summed E-state index contributed by atoms with van der Waals surface area (Å²) in [5.74, 6) is 0.656. The molecular formula is C11H16N4O3PS+. The second-order valence-electron chi connectivity index (χ2n) is 3.95. The van der Waals surface area contributed by atoms with E-state index in [0.29, 0.717) is 25.0 Å². The highest BCUT2D eigenvalue weighted by Gasteiger charge is 2.22. The average Bonchev–Trinajstić information content (AvgIpc) is 2.97. The van der Waals surface area contributed by atoms with E-state index in [0.717, 1.165) is 4.88 Å². The fourth-order valence-electron chi connectivity index (χ4n) is 1.59. The van der Waals surface area contributed by atoms with Gasteiger partial charge in [0.25, 0.3) is 0 Å². The Balaban J connectivity index is 1.93. The Morgan fingerprint density at radius 2 is 2.00 bits per heavy atom. The molecule has 9 heteroatoms. The van der Waals surface area contributed by atoms with E-state index in [1.54, 1.807) is 23.1 Å². The summed E-state index contributed by atoms with van der Waals surface area (Å²) in [6, 6.07) is 1.77. The summed E-state index contributed by atoms with van der Waals surface area (Å²) in [6.07, 6.45) is 6.29. The first-order valence-corrected chi connectivity index (χ1v) is 8.51. The van der Waals surface area contributed by atoms with Gasteiger partial charge < -0.3 is 9.05 Å². The van der Waals surface area contributed by atoms with E-state index in [1.807, 2.05) is 6.20 Å². The lowest BCUT2D eigenvalue weighted by molar-refractivity contribution is -0.745. The van der Waals surface area contributed by atoms with Gasteiger partial charge in [-0.2, -0.15) is 0 Å². The van der Waals surface area contributed by atoms with E-state index < -0.39 is 7.60 Å². The molecule has 0 saturated heterocycles. The molecule has 0 aliphatic heterocycles. The van der Waals surface area contributed by atoms with Crippen LogP contribution in [-0.2, 0) is 20.2 Å². The SMILES string of the molecule is COP(=O)(CCC[n+]1cc(-c2ncccn2)sn1)OC. The molecule has 0 radical (unpaired) electrons. The van der Waals surface area contributed by atoms with Gasteiger partial charge in [-0.05, 0) is 6.07 Å². The van der Waals surface area contributed by atoms with E-state index in [9.17, 15) is 4.57 Å². The first kappa shape index (κ1) is 15.2. The average molecular weight is 315 g/mol. The van der Waals surface area contributed by atoms with Gasteiger partial charge >= 0.3 is 7.60 Å². The van der Waals surface area contributed by atoms with Crippen LogP contribution in [0.3, 0.4) is 0 Å². The Morgan fingerprint density at radius 1 is 1.30 bits per heavy atom.